The Morgan fingerprint density at radius 2 is 2.19 bits per heavy atom. The molecule has 0 radical (unpaired) electrons. The Morgan fingerprint density at radius 1 is 1.33 bits per heavy atom. The fourth-order valence-electron chi connectivity index (χ4n) is 2.48. The van der Waals surface area contributed by atoms with Gasteiger partial charge in [0.05, 0.1) is 16.4 Å². The molecular formula is C15H16BrClN4. The van der Waals surface area contributed by atoms with E-state index < -0.39 is 0 Å². The summed E-state index contributed by atoms with van der Waals surface area (Å²) in [6.07, 6.45) is 4.76. The van der Waals surface area contributed by atoms with Gasteiger partial charge in [0, 0.05) is 30.0 Å². The SMILES string of the molecule is CC(Cl)c1nc2ccc(Br)cc2n1CCCn1cccn1. The highest BCUT2D eigenvalue weighted by Crippen LogP contribution is 2.27. The summed E-state index contributed by atoms with van der Waals surface area (Å²) in [6.45, 7) is 3.72. The average molecular weight is 368 g/mol. The lowest BCUT2D eigenvalue weighted by Crippen LogP contribution is -2.08. The molecule has 1 atom stereocenters. The van der Waals surface area contributed by atoms with Gasteiger partial charge in [0.15, 0.2) is 0 Å². The Bertz CT molecular complexity index is 734. The number of fused-ring (bicyclic) bond motifs is 1. The van der Waals surface area contributed by atoms with Crippen molar-refractivity contribution in [3.63, 3.8) is 0 Å². The van der Waals surface area contributed by atoms with Crippen LogP contribution in [0.1, 0.15) is 24.5 Å². The number of aryl methyl sites for hydroxylation is 2. The van der Waals surface area contributed by atoms with Crippen LogP contribution in [0.4, 0.5) is 0 Å². The number of halogens is 2. The van der Waals surface area contributed by atoms with Crippen molar-refractivity contribution in [3.05, 3.63) is 47.0 Å². The number of rotatable bonds is 5. The maximum Gasteiger partial charge on any atom is 0.127 e. The van der Waals surface area contributed by atoms with Crippen LogP contribution in [0.25, 0.3) is 11.0 Å². The van der Waals surface area contributed by atoms with Crippen molar-refractivity contribution in [1.29, 1.82) is 0 Å². The molecule has 0 saturated heterocycles. The van der Waals surface area contributed by atoms with E-state index in [-0.39, 0.29) is 5.38 Å². The van der Waals surface area contributed by atoms with Crippen molar-refractivity contribution in [3.8, 4) is 0 Å². The predicted molar refractivity (Wildman–Crippen MR) is 88.5 cm³/mol. The van der Waals surface area contributed by atoms with E-state index in [1.807, 2.05) is 36.0 Å². The van der Waals surface area contributed by atoms with Crippen LogP contribution >= 0.6 is 27.5 Å². The summed E-state index contributed by atoms with van der Waals surface area (Å²) in [4.78, 5) is 4.66. The van der Waals surface area contributed by atoms with Crippen LogP contribution in [0.15, 0.2) is 41.1 Å². The van der Waals surface area contributed by atoms with Crippen molar-refractivity contribution < 1.29 is 0 Å². The van der Waals surface area contributed by atoms with E-state index in [2.05, 4.69) is 36.6 Å². The number of nitrogens with zero attached hydrogens (tertiary/aromatic N) is 4. The van der Waals surface area contributed by atoms with Crippen molar-refractivity contribution in [2.24, 2.45) is 0 Å². The number of alkyl halides is 1. The summed E-state index contributed by atoms with van der Waals surface area (Å²) >= 11 is 9.81. The fraction of sp³-hybridized carbons (Fsp3) is 0.333. The van der Waals surface area contributed by atoms with E-state index in [0.717, 1.165) is 40.8 Å². The summed E-state index contributed by atoms with van der Waals surface area (Å²) < 4.78 is 5.21. The van der Waals surface area contributed by atoms with Gasteiger partial charge < -0.3 is 4.57 Å². The van der Waals surface area contributed by atoms with Crippen LogP contribution in [0.2, 0.25) is 0 Å². The maximum atomic E-state index is 6.29. The predicted octanol–water partition coefficient (Wildman–Crippen LogP) is 4.39. The Morgan fingerprint density at radius 3 is 2.90 bits per heavy atom. The molecule has 110 valence electrons. The van der Waals surface area contributed by atoms with Gasteiger partial charge in [-0.3, -0.25) is 4.68 Å². The first-order valence-electron chi connectivity index (χ1n) is 6.92. The molecule has 0 amide bonds. The number of aromatic nitrogens is 4. The molecule has 0 bridgehead atoms. The Balaban J connectivity index is 1.87. The highest BCUT2D eigenvalue weighted by Gasteiger charge is 2.14. The lowest BCUT2D eigenvalue weighted by Gasteiger charge is -2.10. The molecule has 4 nitrogen and oxygen atoms in total. The third-order valence-corrected chi connectivity index (χ3v) is 4.11. The molecule has 3 aromatic rings. The van der Waals surface area contributed by atoms with Gasteiger partial charge in [0.2, 0.25) is 0 Å². The molecule has 1 aromatic carbocycles. The quantitative estimate of drug-likeness (QED) is 0.627. The van der Waals surface area contributed by atoms with E-state index >= 15 is 0 Å². The zero-order chi connectivity index (χ0) is 14.8. The smallest absolute Gasteiger partial charge is 0.127 e. The maximum absolute atomic E-state index is 6.29. The molecule has 2 heterocycles. The van der Waals surface area contributed by atoms with Crippen molar-refractivity contribution >= 4 is 38.6 Å². The highest BCUT2D eigenvalue weighted by atomic mass is 79.9. The molecule has 3 rings (SSSR count). The van der Waals surface area contributed by atoms with Crippen molar-refractivity contribution in [2.45, 2.75) is 31.8 Å². The topological polar surface area (TPSA) is 35.6 Å². The molecule has 0 aliphatic rings. The van der Waals surface area contributed by atoms with Crippen LogP contribution in [0.3, 0.4) is 0 Å². The fourth-order valence-corrected chi connectivity index (χ4v) is 2.99. The van der Waals surface area contributed by atoms with Crippen molar-refractivity contribution in [1.82, 2.24) is 19.3 Å². The third kappa shape index (κ3) is 3.14. The molecule has 2 aromatic heterocycles. The molecule has 0 spiro atoms. The van der Waals surface area contributed by atoms with E-state index in [1.165, 1.54) is 0 Å². The summed E-state index contributed by atoms with van der Waals surface area (Å²) in [5.74, 6) is 0.922. The van der Waals surface area contributed by atoms with Gasteiger partial charge in [-0.2, -0.15) is 5.10 Å². The summed E-state index contributed by atoms with van der Waals surface area (Å²) in [7, 11) is 0. The Labute approximate surface area is 136 Å². The van der Waals surface area contributed by atoms with Gasteiger partial charge in [-0.1, -0.05) is 15.9 Å². The molecule has 1 unspecified atom stereocenters. The lowest BCUT2D eigenvalue weighted by molar-refractivity contribution is 0.523. The van der Waals surface area contributed by atoms with Crippen LogP contribution in [0, 0.1) is 0 Å². The minimum Gasteiger partial charge on any atom is -0.327 e. The average Bonchev–Trinajstić information content (AvgIpc) is 3.07. The summed E-state index contributed by atoms with van der Waals surface area (Å²) in [5, 5.41) is 4.12. The van der Waals surface area contributed by atoms with Crippen LogP contribution in [-0.2, 0) is 13.1 Å². The first-order chi connectivity index (χ1) is 10.1. The normalized spacial score (nSPS) is 12.9. The minimum absolute atomic E-state index is 0.110. The molecule has 0 aliphatic carbocycles. The van der Waals surface area contributed by atoms with Crippen LogP contribution < -0.4 is 0 Å². The van der Waals surface area contributed by atoms with Gasteiger partial charge in [-0.25, -0.2) is 4.98 Å². The van der Waals surface area contributed by atoms with Crippen LogP contribution in [0.5, 0.6) is 0 Å². The number of benzene rings is 1. The van der Waals surface area contributed by atoms with Crippen LogP contribution in [-0.4, -0.2) is 19.3 Å². The van der Waals surface area contributed by atoms with Gasteiger partial charge in [-0.05, 0) is 37.6 Å². The zero-order valence-electron chi connectivity index (χ0n) is 11.7. The largest absolute Gasteiger partial charge is 0.327 e. The van der Waals surface area contributed by atoms with E-state index in [0.29, 0.717) is 0 Å². The Hall–Kier alpha value is -1.33. The van der Waals surface area contributed by atoms with E-state index in [4.69, 9.17) is 11.6 Å². The second-order valence-corrected chi connectivity index (χ2v) is 6.56. The van der Waals surface area contributed by atoms with Gasteiger partial charge in [-0.15, -0.1) is 11.6 Å². The summed E-state index contributed by atoms with van der Waals surface area (Å²) in [5.41, 5.74) is 2.10. The summed E-state index contributed by atoms with van der Waals surface area (Å²) in [6, 6.07) is 8.06. The number of hydrogen-bond donors (Lipinski definition) is 0. The molecule has 0 saturated carbocycles. The molecule has 0 aliphatic heterocycles. The third-order valence-electron chi connectivity index (χ3n) is 3.42. The first kappa shape index (κ1) is 14.6. The highest BCUT2D eigenvalue weighted by molar-refractivity contribution is 9.10. The van der Waals surface area contributed by atoms with E-state index in [9.17, 15) is 0 Å². The van der Waals surface area contributed by atoms with E-state index in [1.54, 1.807) is 6.20 Å². The Kier molecular flexibility index (Phi) is 4.31. The second kappa shape index (κ2) is 6.20. The number of imidazole rings is 1. The van der Waals surface area contributed by atoms with Gasteiger partial charge >= 0.3 is 0 Å². The molecule has 6 heteroatoms. The monoisotopic (exact) mass is 366 g/mol. The second-order valence-electron chi connectivity index (χ2n) is 4.99. The standard InChI is InChI=1S/C15H16BrClN4/c1-11(17)15-19-13-5-4-12(16)10-14(13)21(15)9-3-8-20-7-2-6-18-20/h2,4-7,10-11H,3,8-9H2,1H3. The lowest BCUT2D eigenvalue weighted by atomic mass is 10.3. The first-order valence-corrected chi connectivity index (χ1v) is 8.15. The molecule has 21 heavy (non-hydrogen) atoms. The molecular weight excluding hydrogens is 352 g/mol. The molecule has 0 fully saturated rings. The molecule has 0 N–H and O–H groups in total. The van der Waals surface area contributed by atoms with Crippen molar-refractivity contribution in [2.75, 3.05) is 0 Å². The minimum atomic E-state index is -0.110. The van der Waals surface area contributed by atoms with Gasteiger partial charge in [0.25, 0.3) is 0 Å². The van der Waals surface area contributed by atoms with Gasteiger partial charge in [0.1, 0.15) is 5.82 Å². The zero-order valence-corrected chi connectivity index (χ0v) is 14.0. The number of hydrogen-bond acceptors (Lipinski definition) is 2.